The number of methoxy groups -OCH3 is 1. The van der Waals surface area contributed by atoms with Gasteiger partial charge in [0.15, 0.2) is 0 Å². The number of halogens is 1. The van der Waals surface area contributed by atoms with Gasteiger partial charge in [0.1, 0.15) is 4.90 Å². The molecule has 0 aliphatic rings. The number of ether oxygens (including phenoxy) is 1. The van der Waals surface area contributed by atoms with E-state index in [2.05, 4.69) is 4.72 Å². The molecule has 0 aliphatic heterocycles. The van der Waals surface area contributed by atoms with Gasteiger partial charge in [0.05, 0.1) is 11.6 Å². The van der Waals surface area contributed by atoms with Gasteiger partial charge >= 0.3 is 0 Å². The van der Waals surface area contributed by atoms with Crippen LogP contribution in [0.1, 0.15) is 12.5 Å². The molecule has 0 spiro atoms. The molecule has 0 radical (unpaired) electrons. The maximum Gasteiger partial charge on any atom is 0.242 e. The van der Waals surface area contributed by atoms with Crippen LogP contribution in [0.5, 0.6) is 0 Å². The van der Waals surface area contributed by atoms with E-state index in [9.17, 15) is 8.42 Å². The van der Waals surface area contributed by atoms with Gasteiger partial charge in [-0.15, -0.1) is 0 Å². The standard InChI is InChI=1S/C11H17ClN2O3S/c1-7-4-9(12)11(5-10(7)13)18(15,16)14-8(2)6-17-3/h4-5,8,14H,6,13H2,1-3H3. The lowest BCUT2D eigenvalue weighted by Crippen LogP contribution is -2.35. The van der Waals surface area contributed by atoms with Gasteiger partial charge in [0.25, 0.3) is 0 Å². The van der Waals surface area contributed by atoms with Crippen LogP contribution >= 0.6 is 11.6 Å². The second-order valence-electron chi connectivity index (χ2n) is 4.12. The Balaban J connectivity index is 3.09. The summed E-state index contributed by atoms with van der Waals surface area (Å²) in [5.41, 5.74) is 6.83. The minimum atomic E-state index is -3.69. The molecule has 1 rings (SSSR count). The molecule has 1 aromatic carbocycles. The summed E-state index contributed by atoms with van der Waals surface area (Å²) in [6.45, 7) is 3.74. The van der Waals surface area contributed by atoms with Crippen LogP contribution in [0, 0.1) is 6.92 Å². The molecule has 0 aromatic heterocycles. The Morgan fingerprint density at radius 2 is 2.11 bits per heavy atom. The van der Waals surface area contributed by atoms with E-state index in [1.165, 1.54) is 19.2 Å². The van der Waals surface area contributed by atoms with Crippen LogP contribution in [0.3, 0.4) is 0 Å². The van der Waals surface area contributed by atoms with Crippen LogP contribution in [0.25, 0.3) is 0 Å². The highest BCUT2D eigenvalue weighted by atomic mass is 35.5. The summed E-state index contributed by atoms with van der Waals surface area (Å²) in [4.78, 5) is -0.0183. The molecule has 7 heteroatoms. The molecule has 0 heterocycles. The Labute approximate surface area is 112 Å². The smallest absolute Gasteiger partial charge is 0.242 e. The summed E-state index contributed by atoms with van der Waals surface area (Å²) in [5.74, 6) is 0. The van der Waals surface area contributed by atoms with E-state index >= 15 is 0 Å². The molecule has 0 bridgehead atoms. The number of rotatable bonds is 5. The first-order valence-corrected chi connectivity index (χ1v) is 7.21. The zero-order chi connectivity index (χ0) is 13.9. The van der Waals surface area contributed by atoms with Gasteiger partial charge in [-0.2, -0.15) is 0 Å². The van der Waals surface area contributed by atoms with E-state index in [1.807, 2.05) is 0 Å². The van der Waals surface area contributed by atoms with Gasteiger partial charge in [-0.3, -0.25) is 0 Å². The van der Waals surface area contributed by atoms with Gasteiger partial charge in [0.2, 0.25) is 10.0 Å². The van der Waals surface area contributed by atoms with Crippen molar-refractivity contribution in [2.24, 2.45) is 0 Å². The summed E-state index contributed by atoms with van der Waals surface area (Å²) < 4.78 is 31.5. The number of hydrogen-bond acceptors (Lipinski definition) is 4. The maximum absolute atomic E-state index is 12.1. The fraction of sp³-hybridized carbons (Fsp3) is 0.455. The first-order valence-electron chi connectivity index (χ1n) is 5.35. The number of nitrogen functional groups attached to an aromatic ring is 1. The van der Waals surface area contributed by atoms with Crippen LogP contribution in [0.2, 0.25) is 5.02 Å². The molecule has 3 N–H and O–H groups in total. The predicted molar refractivity (Wildman–Crippen MR) is 72.3 cm³/mol. The first kappa shape index (κ1) is 15.2. The fourth-order valence-electron chi connectivity index (χ4n) is 1.49. The SMILES string of the molecule is COCC(C)NS(=O)(=O)c1cc(N)c(C)cc1Cl. The molecule has 0 saturated carbocycles. The quantitative estimate of drug-likeness (QED) is 0.807. The largest absolute Gasteiger partial charge is 0.398 e. The van der Waals surface area contributed by atoms with Gasteiger partial charge in [-0.25, -0.2) is 13.1 Å². The number of benzene rings is 1. The van der Waals surface area contributed by atoms with E-state index in [0.29, 0.717) is 5.69 Å². The number of hydrogen-bond donors (Lipinski definition) is 2. The zero-order valence-corrected chi connectivity index (χ0v) is 12.1. The lowest BCUT2D eigenvalue weighted by atomic mass is 10.2. The maximum atomic E-state index is 12.1. The molecular weight excluding hydrogens is 276 g/mol. The van der Waals surface area contributed by atoms with E-state index in [4.69, 9.17) is 22.1 Å². The third-order valence-corrected chi connectivity index (χ3v) is 4.44. The number of nitrogens with two attached hydrogens (primary N) is 1. The molecule has 0 saturated heterocycles. The third-order valence-electron chi connectivity index (χ3n) is 2.38. The predicted octanol–water partition coefficient (Wildman–Crippen LogP) is 1.54. The fourth-order valence-corrected chi connectivity index (χ4v) is 3.33. The Kier molecular flexibility index (Phi) is 4.98. The van der Waals surface area contributed by atoms with Crippen molar-refractivity contribution < 1.29 is 13.2 Å². The van der Waals surface area contributed by atoms with Crippen molar-refractivity contribution in [3.05, 3.63) is 22.7 Å². The molecule has 5 nitrogen and oxygen atoms in total. The summed E-state index contributed by atoms with van der Waals surface area (Å²) >= 11 is 5.94. The molecule has 1 unspecified atom stereocenters. The molecule has 102 valence electrons. The molecule has 0 fully saturated rings. The minimum absolute atomic E-state index is 0.0183. The molecule has 18 heavy (non-hydrogen) atoms. The van der Waals surface area contributed by atoms with E-state index < -0.39 is 10.0 Å². The Hall–Kier alpha value is -0.820. The lowest BCUT2D eigenvalue weighted by Gasteiger charge is -2.15. The van der Waals surface area contributed by atoms with Crippen molar-refractivity contribution >= 4 is 27.3 Å². The average Bonchev–Trinajstić information content (AvgIpc) is 2.22. The summed E-state index contributed by atoms with van der Waals surface area (Å²) in [6.07, 6.45) is 0. The van der Waals surface area contributed by atoms with E-state index in [-0.39, 0.29) is 22.6 Å². The molecule has 1 atom stereocenters. The zero-order valence-electron chi connectivity index (χ0n) is 10.5. The monoisotopic (exact) mass is 292 g/mol. The molecule has 1 aromatic rings. The van der Waals surface area contributed by atoms with Gasteiger partial charge < -0.3 is 10.5 Å². The number of sulfonamides is 1. The second-order valence-corrected chi connectivity index (χ2v) is 6.21. The van der Waals surface area contributed by atoms with Crippen molar-refractivity contribution in [3.63, 3.8) is 0 Å². The van der Waals surface area contributed by atoms with Crippen LogP contribution in [-0.4, -0.2) is 28.2 Å². The highest BCUT2D eigenvalue weighted by Gasteiger charge is 2.21. The lowest BCUT2D eigenvalue weighted by molar-refractivity contribution is 0.180. The second kappa shape index (κ2) is 5.88. The normalized spacial score (nSPS) is 13.6. The Morgan fingerprint density at radius 1 is 1.50 bits per heavy atom. The summed E-state index contributed by atoms with van der Waals surface area (Å²) in [5, 5.41) is 0.152. The number of nitrogens with one attached hydrogen (secondary N) is 1. The molecule has 0 amide bonds. The number of anilines is 1. The van der Waals surface area contributed by atoms with Crippen LogP contribution in [0.4, 0.5) is 5.69 Å². The number of aryl methyl sites for hydroxylation is 1. The Bertz CT molecular complexity index is 531. The first-order chi connectivity index (χ1) is 8.27. The molecule has 0 aliphatic carbocycles. The van der Waals surface area contributed by atoms with E-state index in [1.54, 1.807) is 13.8 Å². The average molecular weight is 293 g/mol. The van der Waals surface area contributed by atoms with Gasteiger partial charge in [-0.05, 0) is 31.5 Å². The van der Waals surface area contributed by atoms with Gasteiger partial charge in [0, 0.05) is 18.8 Å². The minimum Gasteiger partial charge on any atom is -0.398 e. The Morgan fingerprint density at radius 3 is 2.67 bits per heavy atom. The third kappa shape index (κ3) is 3.58. The van der Waals surface area contributed by atoms with Crippen molar-refractivity contribution in [1.29, 1.82) is 0 Å². The highest BCUT2D eigenvalue weighted by Crippen LogP contribution is 2.26. The van der Waals surface area contributed by atoms with Crippen molar-refractivity contribution in [2.45, 2.75) is 24.8 Å². The highest BCUT2D eigenvalue weighted by molar-refractivity contribution is 7.89. The summed E-state index contributed by atoms with van der Waals surface area (Å²) in [7, 11) is -2.19. The van der Waals surface area contributed by atoms with Crippen LogP contribution < -0.4 is 10.5 Å². The van der Waals surface area contributed by atoms with Crippen molar-refractivity contribution in [2.75, 3.05) is 19.5 Å². The van der Waals surface area contributed by atoms with Gasteiger partial charge in [-0.1, -0.05) is 11.6 Å². The van der Waals surface area contributed by atoms with Crippen LogP contribution in [-0.2, 0) is 14.8 Å². The van der Waals surface area contributed by atoms with E-state index in [0.717, 1.165) is 5.56 Å². The van der Waals surface area contributed by atoms with Crippen LogP contribution in [0.15, 0.2) is 17.0 Å². The topological polar surface area (TPSA) is 81.4 Å². The summed E-state index contributed by atoms with van der Waals surface area (Å²) in [6, 6.07) is 2.55. The van der Waals surface area contributed by atoms with Crippen molar-refractivity contribution in [1.82, 2.24) is 4.72 Å². The van der Waals surface area contributed by atoms with Crippen molar-refractivity contribution in [3.8, 4) is 0 Å². The molecular formula is C11H17ClN2O3S.